The van der Waals surface area contributed by atoms with Gasteiger partial charge in [-0.15, -0.1) is 0 Å². The maximum atomic E-state index is 11.7. The van der Waals surface area contributed by atoms with Crippen molar-refractivity contribution in [3.05, 3.63) is 17.7 Å². The number of amides is 1. The van der Waals surface area contributed by atoms with E-state index >= 15 is 0 Å². The number of phenolic OH excluding ortho intramolecular Hbond substituents is 1. The summed E-state index contributed by atoms with van der Waals surface area (Å²) in [5.74, 6) is 0.00705. The molecule has 0 saturated carbocycles. The molecular weight excluding hydrogens is 250 g/mol. The highest BCUT2D eigenvalue weighted by molar-refractivity contribution is 5.97. The van der Waals surface area contributed by atoms with E-state index in [2.05, 4.69) is 5.32 Å². The smallest absolute Gasteiger partial charge is 0.412 e. The normalized spacial score (nSPS) is 10.7. The lowest BCUT2D eigenvalue weighted by atomic mass is 10.1. The number of ether oxygens (including phenoxy) is 2. The topological polar surface area (TPSA) is 84.9 Å². The number of benzene rings is 1. The standard InChI is InChI=1S/C13H17NO5/c1-13(2,3)19-12(17)14-11-8(7-15)9(16)5-6-10(11)18-4/h5-7,16H,1-4H3,(H,14,17). The molecule has 19 heavy (non-hydrogen) atoms. The zero-order valence-corrected chi connectivity index (χ0v) is 11.3. The molecule has 0 atom stereocenters. The van der Waals surface area contributed by atoms with Crippen LogP contribution in [0.2, 0.25) is 0 Å². The van der Waals surface area contributed by atoms with Crippen LogP contribution in [0.3, 0.4) is 0 Å². The van der Waals surface area contributed by atoms with E-state index in [0.29, 0.717) is 6.29 Å². The Morgan fingerprint density at radius 3 is 2.47 bits per heavy atom. The fourth-order valence-corrected chi connectivity index (χ4v) is 1.41. The van der Waals surface area contributed by atoms with Crippen LogP contribution in [0.15, 0.2) is 12.1 Å². The van der Waals surface area contributed by atoms with Gasteiger partial charge in [0.25, 0.3) is 0 Å². The SMILES string of the molecule is COc1ccc(O)c(C=O)c1NC(=O)OC(C)(C)C. The third-order valence-electron chi connectivity index (χ3n) is 2.15. The molecule has 0 fully saturated rings. The first-order chi connectivity index (χ1) is 8.78. The number of phenols is 1. The van der Waals surface area contributed by atoms with E-state index in [1.54, 1.807) is 20.8 Å². The molecule has 0 aliphatic rings. The van der Waals surface area contributed by atoms with E-state index in [1.807, 2.05) is 0 Å². The second-order valence-electron chi connectivity index (χ2n) is 4.82. The summed E-state index contributed by atoms with van der Waals surface area (Å²) in [6, 6.07) is 2.75. The number of anilines is 1. The molecule has 6 heteroatoms. The second kappa shape index (κ2) is 5.60. The molecule has 1 rings (SSSR count). The fraction of sp³-hybridized carbons (Fsp3) is 0.385. The molecule has 1 aromatic rings. The summed E-state index contributed by atoms with van der Waals surface area (Å²) in [7, 11) is 1.39. The molecule has 0 spiro atoms. The molecule has 0 bridgehead atoms. The number of carbonyl (C=O) groups is 2. The van der Waals surface area contributed by atoms with Gasteiger partial charge in [0, 0.05) is 0 Å². The molecule has 104 valence electrons. The first kappa shape index (κ1) is 14.8. The van der Waals surface area contributed by atoms with Crippen LogP contribution in [0.5, 0.6) is 11.5 Å². The molecular formula is C13H17NO5. The van der Waals surface area contributed by atoms with Gasteiger partial charge in [0.1, 0.15) is 22.8 Å². The number of aromatic hydroxyl groups is 1. The Labute approximate surface area is 111 Å². The van der Waals surface area contributed by atoms with Crippen LogP contribution in [0.1, 0.15) is 31.1 Å². The summed E-state index contributed by atoms with van der Waals surface area (Å²) in [5, 5.41) is 12.0. The van der Waals surface area contributed by atoms with E-state index in [9.17, 15) is 14.7 Å². The van der Waals surface area contributed by atoms with Crippen LogP contribution < -0.4 is 10.1 Å². The Morgan fingerprint density at radius 1 is 1.37 bits per heavy atom. The molecule has 2 N–H and O–H groups in total. The van der Waals surface area contributed by atoms with Crippen molar-refractivity contribution in [2.24, 2.45) is 0 Å². The van der Waals surface area contributed by atoms with Gasteiger partial charge in [0.2, 0.25) is 0 Å². The quantitative estimate of drug-likeness (QED) is 0.822. The molecule has 0 unspecified atom stereocenters. The van der Waals surface area contributed by atoms with Crippen molar-refractivity contribution < 1.29 is 24.2 Å². The lowest BCUT2D eigenvalue weighted by Crippen LogP contribution is -2.27. The highest BCUT2D eigenvalue weighted by Crippen LogP contribution is 2.33. The summed E-state index contributed by atoms with van der Waals surface area (Å²) in [6.45, 7) is 5.15. The fourth-order valence-electron chi connectivity index (χ4n) is 1.41. The maximum Gasteiger partial charge on any atom is 0.412 e. The van der Waals surface area contributed by atoms with Crippen molar-refractivity contribution in [1.82, 2.24) is 0 Å². The van der Waals surface area contributed by atoms with Crippen LogP contribution in [-0.4, -0.2) is 30.2 Å². The third-order valence-corrected chi connectivity index (χ3v) is 2.15. The Morgan fingerprint density at radius 2 is 2.00 bits per heavy atom. The van der Waals surface area contributed by atoms with Crippen molar-refractivity contribution in [2.45, 2.75) is 26.4 Å². The minimum Gasteiger partial charge on any atom is -0.507 e. The third kappa shape index (κ3) is 3.87. The monoisotopic (exact) mass is 267 g/mol. The number of hydrogen-bond donors (Lipinski definition) is 2. The van der Waals surface area contributed by atoms with Gasteiger partial charge in [0.05, 0.1) is 12.7 Å². The van der Waals surface area contributed by atoms with Gasteiger partial charge in [-0.25, -0.2) is 4.79 Å². The van der Waals surface area contributed by atoms with Gasteiger partial charge < -0.3 is 14.6 Å². The number of aldehydes is 1. The molecule has 0 radical (unpaired) electrons. The second-order valence-corrected chi connectivity index (χ2v) is 4.82. The Bertz CT molecular complexity index is 491. The molecule has 0 heterocycles. The van der Waals surface area contributed by atoms with Gasteiger partial charge in [0.15, 0.2) is 6.29 Å². The Kier molecular flexibility index (Phi) is 4.37. The van der Waals surface area contributed by atoms with Crippen LogP contribution >= 0.6 is 0 Å². The van der Waals surface area contributed by atoms with E-state index < -0.39 is 11.7 Å². The zero-order valence-electron chi connectivity index (χ0n) is 11.3. The van der Waals surface area contributed by atoms with Crippen molar-refractivity contribution in [2.75, 3.05) is 12.4 Å². The molecule has 0 aliphatic heterocycles. The largest absolute Gasteiger partial charge is 0.507 e. The number of methoxy groups -OCH3 is 1. The van der Waals surface area contributed by atoms with E-state index in [-0.39, 0.29) is 22.7 Å². The number of nitrogens with one attached hydrogen (secondary N) is 1. The average Bonchev–Trinajstić information content (AvgIpc) is 2.27. The van der Waals surface area contributed by atoms with Gasteiger partial charge in [-0.1, -0.05) is 0 Å². The van der Waals surface area contributed by atoms with Crippen molar-refractivity contribution in [3.8, 4) is 11.5 Å². The van der Waals surface area contributed by atoms with Gasteiger partial charge in [-0.3, -0.25) is 10.1 Å². The number of carbonyl (C=O) groups excluding carboxylic acids is 2. The molecule has 0 aromatic heterocycles. The zero-order chi connectivity index (χ0) is 14.6. The molecule has 0 aliphatic carbocycles. The molecule has 1 aromatic carbocycles. The summed E-state index contributed by atoms with van der Waals surface area (Å²) >= 11 is 0. The molecule has 6 nitrogen and oxygen atoms in total. The first-order valence-electron chi connectivity index (χ1n) is 5.63. The lowest BCUT2D eigenvalue weighted by molar-refractivity contribution is 0.0635. The van der Waals surface area contributed by atoms with Crippen molar-refractivity contribution in [1.29, 1.82) is 0 Å². The average molecular weight is 267 g/mol. The van der Waals surface area contributed by atoms with Crippen LogP contribution in [0, 0.1) is 0 Å². The van der Waals surface area contributed by atoms with E-state index in [4.69, 9.17) is 9.47 Å². The Hall–Kier alpha value is -2.24. The summed E-state index contributed by atoms with van der Waals surface area (Å²) in [4.78, 5) is 22.7. The minimum atomic E-state index is -0.737. The predicted octanol–water partition coefficient (Wildman–Crippen LogP) is 2.56. The Balaban J connectivity index is 3.08. The highest BCUT2D eigenvalue weighted by Gasteiger charge is 2.20. The van der Waals surface area contributed by atoms with Crippen LogP contribution in [0.4, 0.5) is 10.5 Å². The number of rotatable bonds is 3. The first-order valence-corrected chi connectivity index (χ1v) is 5.63. The van der Waals surface area contributed by atoms with Crippen molar-refractivity contribution >= 4 is 18.1 Å². The van der Waals surface area contributed by atoms with Crippen LogP contribution in [0.25, 0.3) is 0 Å². The van der Waals surface area contributed by atoms with Crippen molar-refractivity contribution in [3.63, 3.8) is 0 Å². The minimum absolute atomic E-state index is 0.0646. The predicted molar refractivity (Wildman–Crippen MR) is 69.9 cm³/mol. The summed E-state index contributed by atoms with van der Waals surface area (Å²) in [5.41, 5.74) is -0.660. The van der Waals surface area contributed by atoms with Gasteiger partial charge in [-0.2, -0.15) is 0 Å². The molecule has 0 saturated heterocycles. The number of hydrogen-bond acceptors (Lipinski definition) is 5. The van der Waals surface area contributed by atoms with Gasteiger partial charge in [-0.05, 0) is 32.9 Å². The van der Waals surface area contributed by atoms with Crippen LogP contribution in [-0.2, 0) is 4.74 Å². The van der Waals surface area contributed by atoms with E-state index in [1.165, 1.54) is 19.2 Å². The summed E-state index contributed by atoms with van der Waals surface area (Å²) in [6.07, 6.45) is -0.301. The highest BCUT2D eigenvalue weighted by atomic mass is 16.6. The van der Waals surface area contributed by atoms with Gasteiger partial charge >= 0.3 is 6.09 Å². The molecule has 1 amide bonds. The summed E-state index contributed by atoms with van der Waals surface area (Å²) < 4.78 is 10.1. The maximum absolute atomic E-state index is 11.7. The van der Waals surface area contributed by atoms with E-state index in [0.717, 1.165) is 0 Å². The lowest BCUT2D eigenvalue weighted by Gasteiger charge is -2.21.